The summed E-state index contributed by atoms with van der Waals surface area (Å²) in [6, 6.07) is 4.20. The number of nitrogens with one attached hydrogen (secondary N) is 3. The van der Waals surface area contributed by atoms with Crippen LogP contribution in [0.3, 0.4) is 0 Å². The summed E-state index contributed by atoms with van der Waals surface area (Å²) in [5.74, 6) is -0.834. The van der Waals surface area contributed by atoms with E-state index in [0.717, 1.165) is 32.4 Å². The summed E-state index contributed by atoms with van der Waals surface area (Å²) >= 11 is 0. The van der Waals surface area contributed by atoms with Crippen molar-refractivity contribution in [3.05, 3.63) is 24.0 Å². The number of benzene rings is 1. The minimum absolute atomic E-state index is 0. The molecule has 2 amide bonds. The Hall–Kier alpha value is -1.66. The SMILES string of the molecule is CC(=O)Nc1cc(NC(=O)C2CC23CCNCC3)ccc1F.Cl. The van der Waals surface area contributed by atoms with Gasteiger partial charge in [-0.05, 0) is 56.0 Å². The first-order valence-corrected chi connectivity index (χ1v) is 7.59. The molecule has 0 aromatic heterocycles. The summed E-state index contributed by atoms with van der Waals surface area (Å²) in [5.41, 5.74) is 0.749. The van der Waals surface area contributed by atoms with Gasteiger partial charge >= 0.3 is 0 Å². The van der Waals surface area contributed by atoms with E-state index >= 15 is 0 Å². The highest BCUT2D eigenvalue weighted by Crippen LogP contribution is 2.58. The van der Waals surface area contributed by atoms with Crippen LogP contribution in [0.5, 0.6) is 0 Å². The molecule has 1 saturated heterocycles. The summed E-state index contributed by atoms with van der Waals surface area (Å²) < 4.78 is 13.6. The number of piperidine rings is 1. The zero-order valence-corrected chi connectivity index (χ0v) is 13.8. The van der Waals surface area contributed by atoms with E-state index in [0.29, 0.717) is 5.69 Å². The maximum absolute atomic E-state index is 13.6. The van der Waals surface area contributed by atoms with E-state index in [4.69, 9.17) is 0 Å². The summed E-state index contributed by atoms with van der Waals surface area (Å²) in [6.07, 6.45) is 3.00. The van der Waals surface area contributed by atoms with Crippen LogP contribution in [-0.2, 0) is 9.59 Å². The van der Waals surface area contributed by atoms with Crippen molar-refractivity contribution >= 4 is 35.6 Å². The highest BCUT2D eigenvalue weighted by atomic mass is 35.5. The van der Waals surface area contributed by atoms with Crippen LogP contribution in [0.2, 0.25) is 0 Å². The Bertz CT molecular complexity index is 617. The molecule has 1 aliphatic heterocycles. The molecule has 3 N–H and O–H groups in total. The van der Waals surface area contributed by atoms with Crippen LogP contribution >= 0.6 is 12.4 Å². The molecule has 1 unspecified atom stereocenters. The van der Waals surface area contributed by atoms with Gasteiger partial charge in [-0.1, -0.05) is 0 Å². The third-order valence-corrected chi connectivity index (χ3v) is 4.65. The molecular weight excluding hydrogens is 321 g/mol. The van der Waals surface area contributed by atoms with Crippen molar-refractivity contribution in [1.29, 1.82) is 0 Å². The molecule has 1 aromatic rings. The number of amides is 2. The molecule has 5 nitrogen and oxygen atoms in total. The maximum atomic E-state index is 13.6. The largest absolute Gasteiger partial charge is 0.326 e. The Morgan fingerprint density at radius 2 is 1.96 bits per heavy atom. The van der Waals surface area contributed by atoms with E-state index in [9.17, 15) is 14.0 Å². The topological polar surface area (TPSA) is 70.2 Å². The number of hydrogen-bond donors (Lipinski definition) is 3. The second-order valence-corrected chi connectivity index (χ2v) is 6.23. The molecule has 1 spiro atoms. The minimum atomic E-state index is -0.519. The molecule has 1 heterocycles. The Labute approximate surface area is 140 Å². The van der Waals surface area contributed by atoms with Crippen molar-refractivity contribution in [1.82, 2.24) is 5.32 Å². The fourth-order valence-corrected chi connectivity index (χ4v) is 3.31. The monoisotopic (exact) mass is 341 g/mol. The van der Waals surface area contributed by atoms with E-state index in [1.165, 1.54) is 25.1 Å². The number of hydrogen-bond acceptors (Lipinski definition) is 3. The van der Waals surface area contributed by atoms with Crippen molar-refractivity contribution < 1.29 is 14.0 Å². The van der Waals surface area contributed by atoms with Gasteiger partial charge in [0.15, 0.2) is 0 Å². The lowest BCUT2D eigenvalue weighted by atomic mass is 9.92. The van der Waals surface area contributed by atoms with Crippen LogP contribution in [0, 0.1) is 17.2 Å². The zero-order chi connectivity index (χ0) is 15.7. The van der Waals surface area contributed by atoms with Gasteiger partial charge in [0.1, 0.15) is 5.82 Å². The molecule has 23 heavy (non-hydrogen) atoms. The Morgan fingerprint density at radius 3 is 2.61 bits per heavy atom. The lowest BCUT2D eigenvalue weighted by Gasteiger charge is -2.23. The predicted octanol–water partition coefficient (Wildman–Crippen LogP) is 2.53. The van der Waals surface area contributed by atoms with E-state index < -0.39 is 5.82 Å². The first-order chi connectivity index (χ1) is 10.5. The van der Waals surface area contributed by atoms with Gasteiger partial charge in [0.25, 0.3) is 0 Å². The Kier molecular flexibility index (Phi) is 5.26. The highest BCUT2D eigenvalue weighted by molar-refractivity contribution is 5.96. The smallest absolute Gasteiger partial charge is 0.228 e. The minimum Gasteiger partial charge on any atom is -0.326 e. The van der Waals surface area contributed by atoms with E-state index in [-0.39, 0.29) is 41.2 Å². The standard InChI is InChI=1S/C16H20FN3O2.ClH/c1-10(21)19-14-8-11(2-3-13(14)17)20-15(22)12-9-16(12)4-6-18-7-5-16;/h2-3,8,12,18H,4-7,9H2,1H3,(H,19,21)(H,20,22);1H. The number of carbonyl (C=O) groups is 2. The summed E-state index contributed by atoms with van der Waals surface area (Å²) in [6.45, 7) is 3.25. The molecule has 0 bridgehead atoms. The normalized spacial score (nSPS) is 21.2. The predicted molar refractivity (Wildman–Crippen MR) is 89.2 cm³/mol. The fourth-order valence-electron chi connectivity index (χ4n) is 3.31. The van der Waals surface area contributed by atoms with Gasteiger partial charge in [0.05, 0.1) is 5.69 Å². The maximum Gasteiger partial charge on any atom is 0.228 e. The van der Waals surface area contributed by atoms with Gasteiger partial charge in [0.2, 0.25) is 11.8 Å². The molecule has 2 fully saturated rings. The van der Waals surface area contributed by atoms with Crippen LogP contribution < -0.4 is 16.0 Å². The second-order valence-electron chi connectivity index (χ2n) is 6.23. The van der Waals surface area contributed by atoms with Crippen LogP contribution in [0.15, 0.2) is 18.2 Å². The summed E-state index contributed by atoms with van der Waals surface area (Å²) in [7, 11) is 0. The van der Waals surface area contributed by atoms with Gasteiger partial charge in [-0.15, -0.1) is 12.4 Å². The molecule has 3 rings (SSSR count). The average Bonchev–Trinajstić information content (AvgIpc) is 3.16. The highest BCUT2D eigenvalue weighted by Gasteiger charge is 2.57. The van der Waals surface area contributed by atoms with Crippen LogP contribution in [0.4, 0.5) is 15.8 Å². The average molecular weight is 342 g/mol. The molecule has 1 aromatic carbocycles. The molecular formula is C16H21ClFN3O2. The van der Waals surface area contributed by atoms with Gasteiger partial charge in [0, 0.05) is 18.5 Å². The number of anilines is 2. The van der Waals surface area contributed by atoms with E-state index in [1.54, 1.807) is 0 Å². The third kappa shape index (κ3) is 3.82. The fraction of sp³-hybridized carbons (Fsp3) is 0.500. The molecule has 1 aliphatic carbocycles. The zero-order valence-electron chi connectivity index (χ0n) is 12.9. The van der Waals surface area contributed by atoms with Crippen molar-refractivity contribution in [2.45, 2.75) is 26.2 Å². The summed E-state index contributed by atoms with van der Waals surface area (Å²) in [5, 5.41) is 8.56. The lowest BCUT2D eigenvalue weighted by Crippen LogP contribution is -2.31. The molecule has 126 valence electrons. The second kappa shape index (κ2) is 6.84. The Morgan fingerprint density at radius 1 is 1.26 bits per heavy atom. The van der Waals surface area contributed by atoms with Gasteiger partial charge in [-0.25, -0.2) is 4.39 Å². The van der Waals surface area contributed by atoms with Crippen LogP contribution in [-0.4, -0.2) is 24.9 Å². The van der Waals surface area contributed by atoms with E-state index in [2.05, 4.69) is 16.0 Å². The molecule has 1 saturated carbocycles. The summed E-state index contributed by atoms with van der Waals surface area (Å²) in [4.78, 5) is 23.4. The first-order valence-electron chi connectivity index (χ1n) is 7.59. The van der Waals surface area contributed by atoms with Gasteiger partial charge in [-0.2, -0.15) is 0 Å². The quantitative estimate of drug-likeness (QED) is 0.791. The first kappa shape index (κ1) is 17.7. The number of rotatable bonds is 3. The number of halogens is 2. The van der Waals surface area contributed by atoms with Gasteiger partial charge < -0.3 is 16.0 Å². The van der Waals surface area contributed by atoms with Crippen molar-refractivity contribution in [2.24, 2.45) is 11.3 Å². The number of carbonyl (C=O) groups excluding carboxylic acids is 2. The molecule has 1 atom stereocenters. The third-order valence-electron chi connectivity index (χ3n) is 4.65. The lowest BCUT2D eigenvalue weighted by molar-refractivity contribution is -0.118. The van der Waals surface area contributed by atoms with Crippen molar-refractivity contribution in [2.75, 3.05) is 23.7 Å². The van der Waals surface area contributed by atoms with Crippen molar-refractivity contribution in [3.8, 4) is 0 Å². The molecule has 2 aliphatic rings. The van der Waals surface area contributed by atoms with Crippen LogP contribution in [0.25, 0.3) is 0 Å². The van der Waals surface area contributed by atoms with Gasteiger partial charge in [-0.3, -0.25) is 9.59 Å². The van der Waals surface area contributed by atoms with E-state index in [1.807, 2.05) is 0 Å². The van der Waals surface area contributed by atoms with Crippen LogP contribution in [0.1, 0.15) is 26.2 Å². The van der Waals surface area contributed by atoms with Crippen molar-refractivity contribution in [3.63, 3.8) is 0 Å². The molecule has 7 heteroatoms. The molecule has 0 radical (unpaired) electrons. The Balaban J connectivity index is 0.00000192.